The van der Waals surface area contributed by atoms with E-state index in [0.717, 1.165) is 31.7 Å². The van der Waals surface area contributed by atoms with Crippen molar-refractivity contribution in [1.29, 1.82) is 4.78 Å². The summed E-state index contributed by atoms with van der Waals surface area (Å²) < 4.78 is 12.4. The van der Waals surface area contributed by atoms with Gasteiger partial charge in [0.25, 0.3) is 0 Å². The van der Waals surface area contributed by atoms with Crippen LogP contribution in [0.3, 0.4) is 0 Å². The van der Waals surface area contributed by atoms with E-state index >= 15 is 0 Å². The molecule has 0 aromatic carbocycles. The van der Waals surface area contributed by atoms with Crippen molar-refractivity contribution in [2.45, 2.75) is 25.9 Å². The monoisotopic (exact) mass is 218 g/mol. The van der Waals surface area contributed by atoms with Gasteiger partial charge in [-0.2, -0.15) is 0 Å². The van der Waals surface area contributed by atoms with Crippen LogP contribution in [0.1, 0.15) is 19.8 Å². The normalized spacial score (nSPS) is 23.7. The zero-order valence-corrected chi connectivity index (χ0v) is 9.60. The van der Waals surface area contributed by atoms with Crippen LogP contribution >= 0.6 is 0 Å². The molecule has 82 valence electrons. The molecule has 1 N–H and O–H groups in total. The average Bonchev–Trinajstić information content (AvgIpc) is 2.39. The first-order chi connectivity index (χ1) is 6.59. The fourth-order valence-electron chi connectivity index (χ4n) is 1.47. The predicted molar refractivity (Wildman–Crippen MR) is 57.6 cm³/mol. The summed E-state index contributed by atoms with van der Waals surface area (Å²) in [6.07, 6.45) is 3.80. The van der Waals surface area contributed by atoms with Crippen molar-refractivity contribution in [3.8, 4) is 0 Å². The lowest BCUT2D eigenvalue weighted by atomic mass is 10.3. The van der Waals surface area contributed by atoms with Gasteiger partial charge in [-0.25, -0.2) is 4.79 Å². The molecule has 1 amide bonds. The Morgan fingerprint density at radius 3 is 2.86 bits per heavy atom. The minimum absolute atomic E-state index is 0.0412. The van der Waals surface area contributed by atoms with E-state index < -0.39 is 0 Å². The Bertz CT molecular complexity index is 233. The van der Waals surface area contributed by atoms with Crippen LogP contribution in [0.25, 0.3) is 0 Å². The number of hydrogen-bond donors (Lipinski definition) is 1. The number of rotatable bonds is 5. The summed E-state index contributed by atoms with van der Waals surface area (Å²) >= 11 is 0. The van der Waals surface area contributed by atoms with Crippen LogP contribution in [0.5, 0.6) is 0 Å². The summed E-state index contributed by atoms with van der Waals surface area (Å²) in [5.41, 5.74) is 0. The number of ether oxygens (including phenoxy) is 1. The minimum atomic E-state index is -0.219. The summed E-state index contributed by atoms with van der Waals surface area (Å²) in [5.74, 6) is 0.943. The fraction of sp³-hybridized carbons (Fsp3) is 0.889. The van der Waals surface area contributed by atoms with E-state index in [1.807, 2.05) is 13.2 Å². The van der Waals surface area contributed by atoms with Crippen molar-refractivity contribution in [1.82, 2.24) is 4.90 Å². The largest absolute Gasteiger partial charge is 0.445 e. The molecule has 1 saturated heterocycles. The highest BCUT2D eigenvalue weighted by molar-refractivity contribution is 7.85. The first-order valence-corrected chi connectivity index (χ1v) is 6.69. The minimum Gasteiger partial charge on any atom is -0.445 e. The molecule has 1 fully saturated rings. The number of nitrogens with zero attached hydrogens (tertiary/aromatic N) is 1. The van der Waals surface area contributed by atoms with Crippen LogP contribution in [0.4, 0.5) is 4.79 Å². The standard InChI is InChI=1S/C9H18N2O2S/c1-8-7-11(9(12)13-8)5-3-4-6-14(2)10/h8,10H,3-7H2,1-2H3/t8-,14?/m0/s1. The van der Waals surface area contributed by atoms with Gasteiger partial charge in [0, 0.05) is 12.3 Å². The molecule has 1 aliphatic rings. The van der Waals surface area contributed by atoms with Gasteiger partial charge >= 0.3 is 6.09 Å². The second kappa shape index (κ2) is 5.34. The number of nitrogens with one attached hydrogen (secondary N) is 1. The first-order valence-electron chi connectivity index (χ1n) is 4.89. The van der Waals surface area contributed by atoms with Crippen molar-refractivity contribution in [3.63, 3.8) is 0 Å². The summed E-state index contributed by atoms with van der Waals surface area (Å²) in [4.78, 5) is 12.9. The molecule has 1 aliphatic heterocycles. The van der Waals surface area contributed by atoms with E-state index in [2.05, 4.69) is 0 Å². The van der Waals surface area contributed by atoms with Crippen LogP contribution in [-0.2, 0) is 15.4 Å². The highest BCUT2D eigenvalue weighted by Crippen LogP contribution is 2.11. The van der Waals surface area contributed by atoms with Crippen molar-refractivity contribution in [2.75, 3.05) is 25.1 Å². The molecule has 4 nitrogen and oxygen atoms in total. The topological polar surface area (TPSA) is 53.4 Å². The quantitative estimate of drug-likeness (QED) is 0.713. The Kier molecular flexibility index (Phi) is 4.38. The molecule has 0 bridgehead atoms. The van der Waals surface area contributed by atoms with Gasteiger partial charge in [-0.05, 0) is 26.0 Å². The zero-order valence-electron chi connectivity index (χ0n) is 8.78. The number of hydrogen-bond acceptors (Lipinski definition) is 3. The van der Waals surface area contributed by atoms with Crippen LogP contribution in [0.2, 0.25) is 0 Å². The zero-order chi connectivity index (χ0) is 10.6. The van der Waals surface area contributed by atoms with Crippen molar-refractivity contribution in [3.05, 3.63) is 0 Å². The summed E-state index contributed by atoms with van der Waals surface area (Å²) in [6, 6.07) is 0. The molecule has 0 radical (unpaired) electrons. The third-order valence-corrected chi connectivity index (χ3v) is 3.07. The number of carbonyl (C=O) groups excluding carboxylic acids is 1. The molecule has 0 aromatic heterocycles. The molecule has 0 aromatic rings. The molecule has 0 spiro atoms. The lowest BCUT2D eigenvalue weighted by Crippen LogP contribution is -2.26. The van der Waals surface area contributed by atoms with E-state index in [4.69, 9.17) is 9.52 Å². The Labute approximate surface area is 87.5 Å². The maximum Gasteiger partial charge on any atom is 0.410 e. The van der Waals surface area contributed by atoms with Gasteiger partial charge < -0.3 is 9.64 Å². The van der Waals surface area contributed by atoms with E-state index in [-0.39, 0.29) is 22.9 Å². The third kappa shape index (κ3) is 3.65. The Hall–Kier alpha value is -0.580. The predicted octanol–water partition coefficient (Wildman–Crippen LogP) is 1.62. The van der Waals surface area contributed by atoms with Gasteiger partial charge in [0.15, 0.2) is 0 Å². The highest BCUT2D eigenvalue weighted by Gasteiger charge is 2.26. The molecule has 2 atom stereocenters. The second-order valence-corrected chi connectivity index (χ2v) is 5.37. The summed E-state index contributed by atoms with van der Waals surface area (Å²) in [5, 5.41) is 0. The fourth-order valence-corrected chi connectivity index (χ4v) is 2.11. The van der Waals surface area contributed by atoms with E-state index in [0.29, 0.717) is 0 Å². The van der Waals surface area contributed by atoms with Gasteiger partial charge in [0.05, 0.1) is 6.54 Å². The molecular formula is C9H18N2O2S. The van der Waals surface area contributed by atoms with E-state index in [9.17, 15) is 4.79 Å². The Morgan fingerprint density at radius 2 is 2.36 bits per heavy atom. The summed E-state index contributed by atoms with van der Waals surface area (Å²) in [6.45, 7) is 3.41. The number of amides is 1. The van der Waals surface area contributed by atoms with Gasteiger partial charge in [-0.3, -0.25) is 4.78 Å². The van der Waals surface area contributed by atoms with Gasteiger partial charge in [0.1, 0.15) is 6.10 Å². The van der Waals surface area contributed by atoms with Gasteiger partial charge in [-0.15, -0.1) is 10.7 Å². The molecule has 1 rings (SSSR count). The molecule has 1 unspecified atom stereocenters. The van der Waals surface area contributed by atoms with Crippen molar-refractivity contribution < 1.29 is 9.53 Å². The molecule has 0 saturated carbocycles. The molecular weight excluding hydrogens is 200 g/mol. The maximum atomic E-state index is 11.2. The average molecular weight is 218 g/mol. The molecule has 0 aliphatic carbocycles. The van der Waals surface area contributed by atoms with Gasteiger partial charge in [0.2, 0.25) is 0 Å². The van der Waals surface area contributed by atoms with Crippen molar-refractivity contribution in [2.24, 2.45) is 0 Å². The number of cyclic esters (lactones) is 1. The van der Waals surface area contributed by atoms with Crippen LogP contribution in [0.15, 0.2) is 0 Å². The van der Waals surface area contributed by atoms with Crippen molar-refractivity contribution >= 4 is 16.8 Å². The molecule has 14 heavy (non-hydrogen) atoms. The first kappa shape index (κ1) is 11.5. The number of carbonyl (C=O) groups is 1. The van der Waals surface area contributed by atoms with Crippen LogP contribution in [0, 0.1) is 4.78 Å². The molecule has 5 heteroatoms. The van der Waals surface area contributed by atoms with Gasteiger partial charge in [-0.1, -0.05) is 0 Å². The second-order valence-electron chi connectivity index (χ2n) is 3.69. The highest BCUT2D eigenvalue weighted by atomic mass is 32.2. The summed E-state index contributed by atoms with van der Waals surface area (Å²) in [7, 11) is -0.219. The smallest absolute Gasteiger partial charge is 0.410 e. The Morgan fingerprint density at radius 1 is 1.64 bits per heavy atom. The van der Waals surface area contributed by atoms with Crippen LogP contribution in [-0.4, -0.2) is 42.2 Å². The lowest BCUT2D eigenvalue weighted by molar-refractivity contribution is 0.138. The maximum absolute atomic E-state index is 11.2. The van der Waals surface area contributed by atoms with E-state index in [1.165, 1.54) is 0 Å². The van der Waals surface area contributed by atoms with E-state index in [1.54, 1.807) is 4.90 Å². The lowest BCUT2D eigenvalue weighted by Gasteiger charge is -2.11. The third-order valence-electron chi connectivity index (χ3n) is 2.17. The number of unbranched alkanes of at least 4 members (excludes halogenated alkanes) is 1. The Balaban J connectivity index is 2.13. The SMILES string of the molecule is C[C@H]1CN(CCCCS(C)=N)C(=O)O1. The molecule has 1 heterocycles. The van der Waals surface area contributed by atoms with Crippen LogP contribution < -0.4 is 0 Å².